The van der Waals surface area contributed by atoms with Gasteiger partial charge in [-0.15, -0.1) is 0 Å². The Morgan fingerprint density at radius 1 is 0.317 bits per heavy atom. The summed E-state index contributed by atoms with van der Waals surface area (Å²) in [5.41, 5.74) is 0. The summed E-state index contributed by atoms with van der Waals surface area (Å²) < 4.78 is 0. The summed E-state index contributed by atoms with van der Waals surface area (Å²) in [5.74, 6) is 6.00. The third-order valence-electron chi connectivity index (χ3n) is 14.3. The maximum atomic E-state index is 4.35. The molecule has 5 heterocycles. The van der Waals surface area contributed by atoms with Crippen LogP contribution in [0, 0.1) is 47.3 Å². The van der Waals surface area contributed by atoms with Crippen LogP contribution in [0.1, 0.15) is 103 Å². The monoisotopic (exact) mass is 566 g/mol. The Balaban J connectivity index is 1.07. The summed E-state index contributed by atoms with van der Waals surface area (Å²) in [7, 11) is 2.44. The van der Waals surface area contributed by atoms with Crippen molar-refractivity contribution in [3.63, 3.8) is 0 Å². The zero-order valence-electron chi connectivity index (χ0n) is 25.5. The molecule has 8 bridgehead atoms. The Morgan fingerprint density at radius 2 is 0.537 bits per heavy atom. The zero-order valence-corrected chi connectivity index (χ0v) is 25.5. The molecule has 9 aliphatic rings. The van der Waals surface area contributed by atoms with Gasteiger partial charge in [0.2, 0.25) is 0 Å². The Hall–Kier alpha value is -0.320. The van der Waals surface area contributed by atoms with Gasteiger partial charge in [0.15, 0.2) is 0 Å². The number of hydrogen-bond donors (Lipinski definition) is 7. The van der Waals surface area contributed by atoms with Crippen molar-refractivity contribution in [1.29, 1.82) is 0 Å². The third-order valence-corrected chi connectivity index (χ3v) is 14.3. The second-order valence-electron chi connectivity index (χ2n) is 16.0. The lowest BCUT2D eigenvalue weighted by Gasteiger charge is -2.36. The van der Waals surface area contributed by atoms with Crippen LogP contribution in [0.3, 0.4) is 0 Å². The van der Waals surface area contributed by atoms with Gasteiger partial charge in [-0.3, -0.25) is 42.1 Å². The molecule has 0 radical (unpaired) electrons. The molecule has 41 heavy (non-hydrogen) atoms. The molecule has 9 fully saturated rings. The van der Waals surface area contributed by atoms with Crippen LogP contribution in [-0.4, -0.2) is 61.3 Å². The first-order valence-corrected chi connectivity index (χ1v) is 18.3. The minimum Gasteiger partial charge on any atom is -0.286 e. The van der Waals surface area contributed by atoms with E-state index in [4.69, 9.17) is 0 Å². The quantitative estimate of drug-likeness (QED) is 0.241. The summed E-state index contributed by atoms with van der Waals surface area (Å²) in [6.45, 7) is 0. The largest absolute Gasteiger partial charge is 0.286 e. The van der Waals surface area contributed by atoms with Gasteiger partial charge in [-0.25, -0.2) is 0 Å². The molecule has 16 unspecified atom stereocenters. The molecular weight excluding hydrogens is 508 g/mol. The summed E-state index contributed by atoms with van der Waals surface area (Å²) in [4.78, 5) is 2.76. The highest BCUT2D eigenvalue weighted by Gasteiger charge is 2.55. The molecule has 0 aromatic heterocycles. The lowest BCUT2D eigenvalue weighted by atomic mass is 9.76. The van der Waals surface area contributed by atoms with Crippen molar-refractivity contribution in [2.75, 3.05) is 7.05 Å². The fourth-order valence-electron chi connectivity index (χ4n) is 12.4. The number of nitrogens with zero attached hydrogens (tertiary/aromatic N) is 1. The van der Waals surface area contributed by atoms with Gasteiger partial charge >= 0.3 is 0 Å². The molecule has 0 amide bonds. The Kier molecular flexibility index (Phi) is 7.21. The highest BCUT2D eigenvalue weighted by Crippen LogP contribution is 2.47. The molecule has 9 rings (SSSR count). The Morgan fingerprint density at radius 3 is 0.805 bits per heavy atom. The van der Waals surface area contributed by atoms with Crippen molar-refractivity contribution in [3.05, 3.63) is 0 Å². The first-order valence-electron chi connectivity index (χ1n) is 18.3. The van der Waals surface area contributed by atoms with Crippen molar-refractivity contribution in [2.45, 2.75) is 152 Å². The molecule has 0 spiro atoms. The third kappa shape index (κ3) is 4.52. The molecule has 8 nitrogen and oxygen atoms in total. The molecule has 4 aliphatic carbocycles. The summed E-state index contributed by atoms with van der Waals surface area (Å²) in [6.07, 6.45) is 25.7. The second-order valence-corrected chi connectivity index (χ2v) is 16.0. The molecule has 0 aromatic carbocycles. The van der Waals surface area contributed by atoms with Crippen LogP contribution in [0.4, 0.5) is 0 Å². The smallest absolute Gasteiger partial charge is 0.0652 e. The first-order chi connectivity index (χ1) is 20.2. The van der Waals surface area contributed by atoms with Gasteiger partial charge in [-0.1, -0.05) is 51.4 Å². The molecule has 5 saturated heterocycles. The minimum absolute atomic E-state index is 0.420. The van der Waals surface area contributed by atoms with Crippen LogP contribution < -0.4 is 37.2 Å². The maximum Gasteiger partial charge on any atom is 0.0652 e. The average Bonchev–Trinajstić information content (AvgIpc) is 3.72. The van der Waals surface area contributed by atoms with E-state index in [0.717, 1.165) is 47.3 Å². The molecule has 0 aromatic rings. The van der Waals surface area contributed by atoms with E-state index in [1.807, 2.05) is 0 Å². The van der Waals surface area contributed by atoms with Gasteiger partial charge in [0.1, 0.15) is 0 Å². The van der Waals surface area contributed by atoms with E-state index < -0.39 is 0 Å². The summed E-state index contributed by atoms with van der Waals surface area (Å²) in [6, 6.07) is 0. The van der Waals surface area contributed by atoms with Crippen LogP contribution in [-0.2, 0) is 0 Å². The Labute approximate surface area is 248 Å². The summed E-state index contributed by atoms with van der Waals surface area (Å²) in [5, 5.41) is 29.9. The zero-order chi connectivity index (χ0) is 27.1. The molecular formula is C33H58N8. The van der Waals surface area contributed by atoms with Crippen LogP contribution >= 0.6 is 0 Å². The highest BCUT2D eigenvalue weighted by molar-refractivity contribution is 5.08. The van der Waals surface area contributed by atoms with E-state index in [2.05, 4.69) is 49.2 Å². The van der Waals surface area contributed by atoms with Crippen molar-refractivity contribution < 1.29 is 0 Å². The number of rotatable bonds is 0. The van der Waals surface area contributed by atoms with Gasteiger partial charge in [0.25, 0.3) is 0 Å². The van der Waals surface area contributed by atoms with Gasteiger partial charge in [-0.05, 0) is 106 Å². The number of nitrogens with one attached hydrogen (secondary N) is 7. The van der Waals surface area contributed by atoms with E-state index in [9.17, 15) is 0 Å². The molecule has 5 aliphatic heterocycles. The van der Waals surface area contributed by atoms with Gasteiger partial charge in [0, 0.05) is 0 Å². The standard InChI is InChI=1S/C33H58N8/c1-41-32-24-16-8-9-17-25(24)33(41)40-31-23-15-7-5-13-21(23)29(38-31)36-27-19-11-3-2-10-18(19)26(34-27)35-28-20-12-4-6-14-22(20)30(37-28)39-32/h18-40H,2-17H2,1H3. The first kappa shape index (κ1) is 27.0. The topological polar surface area (TPSA) is 87.5 Å². The lowest BCUT2D eigenvalue weighted by molar-refractivity contribution is 0.113. The minimum atomic E-state index is 0.420. The van der Waals surface area contributed by atoms with Crippen molar-refractivity contribution in [2.24, 2.45) is 47.3 Å². The average molecular weight is 567 g/mol. The molecule has 16 atom stereocenters. The van der Waals surface area contributed by atoms with E-state index >= 15 is 0 Å². The Bertz CT molecular complexity index is 876. The fourth-order valence-corrected chi connectivity index (χ4v) is 12.4. The maximum absolute atomic E-state index is 4.35. The van der Waals surface area contributed by atoms with Crippen LogP contribution in [0.5, 0.6) is 0 Å². The van der Waals surface area contributed by atoms with Gasteiger partial charge in [0.05, 0.1) is 49.3 Å². The predicted octanol–water partition coefficient (Wildman–Crippen LogP) is 2.95. The van der Waals surface area contributed by atoms with E-state index in [0.29, 0.717) is 49.3 Å². The van der Waals surface area contributed by atoms with E-state index in [-0.39, 0.29) is 0 Å². The lowest BCUT2D eigenvalue weighted by Crippen LogP contribution is -2.62. The highest BCUT2D eigenvalue weighted by atomic mass is 15.5. The van der Waals surface area contributed by atoms with Gasteiger partial charge in [-0.2, -0.15) is 0 Å². The van der Waals surface area contributed by atoms with Crippen molar-refractivity contribution in [3.8, 4) is 0 Å². The fraction of sp³-hybridized carbons (Fsp3) is 1.00. The van der Waals surface area contributed by atoms with Crippen molar-refractivity contribution in [1.82, 2.24) is 42.1 Å². The number of fused-ring (bicyclic) bond motifs is 20. The normalized spacial score (nSPS) is 57.0. The van der Waals surface area contributed by atoms with Crippen LogP contribution in [0.15, 0.2) is 0 Å². The SMILES string of the molecule is CN1C2NC3NC(NC4NC(NC5NC(NC1C1CCCCC12)C1CCCCC51)C1CCCCC41)C1CCCCC31. The van der Waals surface area contributed by atoms with Gasteiger partial charge < -0.3 is 0 Å². The molecule has 4 saturated carbocycles. The number of hydrogen-bond acceptors (Lipinski definition) is 8. The van der Waals surface area contributed by atoms with Crippen LogP contribution in [0.2, 0.25) is 0 Å². The van der Waals surface area contributed by atoms with Crippen molar-refractivity contribution >= 4 is 0 Å². The van der Waals surface area contributed by atoms with Crippen LogP contribution in [0.25, 0.3) is 0 Å². The van der Waals surface area contributed by atoms with E-state index in [1.165, 1.54) is 103 Å². The second kappa shape index (κ2) is 10.9. The summed E-state index contributed by atoms with van der Waals surface area (Å²) >= 11 is 0. The molecule has 230 valence electrons. The molecule has 8 heteroatoms. The molecule has 7 N–H and O–H groups in total. The van der Waals surface area contributed by atoms with E-state index in [1.54, 1.807) is 0 Å². The predicted molar refractivity (Wildman–Crippen MR) is 162 cm³/mol.